The molecule has 0 aliphatic carbocycles. The lowest BCUT2D eigenvalue weighted by molar-refractivity contribution is 0.896. The first-order chi connectivity index (χ1) is 11.6. The maximum atomic E-state index is 13.0. The molecule has 0 fully saturated rings. The Morgan fingerprint density at radius 2 is 1.67 bits per heavy atom. The summed E-state index contributed by atoms with van der Waals surface area (Å²) in [6.45, 7) is 3.77. The zero-order valence-corrected chi connectivity index (χ0v) is 14.1. The molecule has 0 saturated carbocycles. The van der Waals surface area contributed by atoms with Gasteiger partial charge in [0.1, 0.15) is 16.0 Å². The molecule has 4 nitrogen and oxygen atoms in total. The second-order valence-electron chi connectivity index (χ2n) is 5.74. The fraction of sp³-hybridized carbons (Fsp3) is 0.105. The molecule has 0 amide bonds. The summed E-state index contributed by atoms with van der Waals surface area (Å²) in [6, 6.07) is 14.9. The largest absolute Gasteiger partial charge is 0.288 e. The predicted molar refractivity (Wildman–Crippen MR) is 98.5 cm³/mol. The van der Waals surface area contributed by atoms with E-state index in [0.29, 0.717) is 16.0 Å². The molecule has 0 aliphatic rings. The fourth-order valence-electron chi connectivity index (χ4n) is 2.85. The molecule has 0 saturated heterocycles. The Labute approximate surface area is 141 Å². The quantitative estimate of drug-likeness (QED) is 0.500. The molecule has 2 heterocycles. The second-order valence-corrected chi connectivity index (χ2v) is 6.77. The highest BCUT2D eigenvalue weighted by Crippen LogP contribution is 2.22. The van der Waals surface area contributed by atoms with Crippen molar-refractivity contribution in [2.75, 3.05) is 0 Å². The molecule has 0 N–H and O–H groups in total. The molecular weight excluding hydrogens is 320 g/mol. The van der Waals surface area contributed by atoms with Crippen molar-refractivity contribution in [1.82, 2.24) is 9.55 Å². The van der Waals surface area contributed by atoms with Crippen molar-refractivity contribution in [2.24, 2.45) is 0 Å². The summed E-state index contributed by atoms with van der Waals surface area (Å²) in [4.78, 5) is 30.9. The van der Waals surface area contributed by atoms with Gasteiger partial charge in [-0.25, -0.2) is 4.98 Å². The van der Waals surface area contributed by atoms with Crippen LogP contribution in [-0.2, 0) is 0 Å². The SMILES string of the molecule is Cc1ccc(-n2c(C)nc3sc4ccccc4c(=O)c3c2=O)cc1. The molecule has 24 heavy (non-hydrogen) atoms. The van der Waals surface area contributed by atoms with Gasteiger partial charge in [-0.05, 0) is 38.1 Å². The van der Waals surface area contributed by atoms with Crippen LogP contribution in [0.1, 0.15) is 11.4 Å². The normalized spacial score (nSPS) is 11.2. The Hall–Kier alpha value is -2.79. The molecular formula is C19H14N2O2S. The van der Waals surface area contributed by atoms with Crippen molar-refractivity contribution < 1.29 is 0 Å². The van der Waals surface area contributed by atoms with E-state index in [0.717, 1.165) is 16.0 Å². The van der Waals surface area contributed by atoms with Gasteiger partial charge in [0.2, 0.25) is 5.43 Å². The van der Waals surface area contributed by atoms with Gasteiger partial charge in [-0.2, -0.15) is 0 Å². The van der Waals surface area contributed by atoms with Crippen molar-refractivity contribution in [3.05, 3.63) is 80.5 Å². The molecule has 0 bridgehead atoms. The number of aryl methyl sites for hydroxylation is 2. The second kappa shape index (κ2) is 5.39. The van der Waals surface area contributed by atoms with Gasteiger partial charge in [-0.15, -0.1) is 11.3 Å². The molecule has 4 aromatic rings. The molecule has 0 unspecified atom stereocenters. The molecule has 0 radical (unpaired) electrons. The highest BCUT2D eigenvalue weighted by Gasteiger charge is 2.15. The Morgan fingerprint density at radius 1 is 0.958 bits per heavy atom. The van der Waals surface area contributed by atoms with Crippen molar-refractivity contribution in [3.63, 3.8) is 0 Å². The van der Waals surface area contributed by atoms with Gasteiger partial charge < -0.3 is 0 Å². The number of rotatable bonds is 1. The topological polar surface area (TPSA) is 52.0 Å². The minimum Gasteiger partial charge on any atom is -0.288 e. The van der Waals surface area contributed by atoms with Crippen LogP contribution in [-0.4, -0.2) is 9.55 Å². The predicted octanol–water partition coefficient (Wildman–Crippen LogP) is 3.58. The lowest BCUT2D eigenvalue weighted by Gasteiger charge is -2.11. The number of benzene rings is 2. The van der Waals surface area contributed by atoms with Gasteiger partial charge in [0.25, 0.3) is 5.56 Å². The highest BCUT2D eigenvalue weighted by atomic mass is 32.1. The third-order valence-corrected chi connectivity index (χ3v) is 5.14. The molecule has 0 aliphatic heterocycles. The maximum absolute atomic E-state index is 13.0. The van der Waals surface area contributed by atoms with Crippen LogP contribution in [0.5, 0.6) is 0 Å². The molecule has 5 heteroatoms. The van der Waals surface area contributed by atoms with E-state index >= 15 is 0 Å². The van der Waals surface area contributed by atoms with Crippen molar-refractivity contribution >= 4 is 31.6 Å². The summed E-state index contributed by atoms with van der Waals surface area (Å²) in [7, 11) is 0. The lowest BCUT2D eigenvalue weighted by Crippen LogP contribution is -2.26. The zero-order valence-electron chi connectivity index (χ0n) is 13.2. The van der Waals surface area contributed by atoms with Crippen LogP contribution in [0.2, 0.25) is 0 Å². The summed E-state index contributed by atoms with van der Waals surface area (Å²) < 4.78 is 2.35. The standard InChI is InChI=1S/C19H14N2O2S/c1-11-7-9-13(10-8-11)21-12(2)20-18-16(19(21)23)17(22)14-5-3-4-6-15(14)24-18/h3-10H,1-2H3. The van der Waals surface area contributed by atoms with Gasteiger partial charge in [-0.3, -0.25) is 14.2 Å². The first-order valence-corrected chi connectivity index (χ1v) is 8.40. The first-order valence-electron chi connectivity index (χ1n) is 7.58. The van der Waals surface area contributed by atoms with Crippen LogP contribution in [0.3, 0.4) is 0 Å². The third kappa shape index (κ3) is 2.17. The molecule has 4 rings (SSSR count). The lowest BCUT2D eigenvalue weighted by atomic mass is 10.2. The van der Waals surface area contributed by atoms with E-state index in [1.54, 1.807) is 13.0 Å². The molecule has 0 spiro atoms. The maximum Gasteiger partial charge on any atom is 0.270 e. The number of hydrogen-bond donors (Lipinski definition) is 0. The fourth-order valence-corrected chi connectivity index (χ4v) is 3.94. The van der Waals surface area contributed by atoms with Gasteiger partial charge >= 0.3 is 0 Å². The van der Waals surface area contributed by atoms with Gasteiger partial charge in [0.05, 0.1) is 5.69 Å². The zero-order chi connectivity index (χ0) is 16.8. The molecule has 118 valence electrons. The van der Waals surface area contributed by atoms with Crippen LogP contribution in [0, 0.1) is 13.8 Å². The molecule has 0 atom stereocenters. The van der Waals surface area contributed by atoms with Gasteiger partial charge in [-0.1, -0.05) is 29.8 Å². The number of fused-ring (bicyclic) bond motifs is 2. The third-order valence-electron chi connectivity index (χ3n) is 4.08. The Morgan fingerprint density at radius 3 is 2.42 bits per heavy atom. The highest BCUT2D eigenvalue weighted by molar-refractivity contribution is 7.24. The minimum atomic E-state index is -0.312. The summed E-state index contributed by atoms with van der Waals surface area (Å²) in [5.41, 5.74) is 1.26. The van der Waals surface area contributed by atoms with Crippen LogP contribution < -0.4 is 11.0 Å². The Bertz CT molecular complexity index is 1200. The number of hydrogen-bond acceptors (Lipinski definition) is 4. The molecule has 2 aromatic carbocycles. The Kier molecular flexibility index (Phi) is 3.32. The van der Waals surface area contributed by atoms with Crippen LogP contribution in [0.25, 0.3) is 26.0 Å². The van der Waals surface area contributed by atoms with Crippen LogP contribution in [0.4, 0.5) is 0 Å². The summed E-state index contributed by atoms with van der Waals surface area (Å²) in [5, 5.41) is 0.720. The van der Waals surface area contributed by atoms with E-state index in [9.17, 15) is 9.59 Å². The minimum absolute atomic E-state index is 0.157. The number of nitrogens with zero attached hydrogens (tertiary/aromatic N) is 2. The monoisotopic (exact) mass is 334 g/mol. The van der Waals surface area contributed by atoms with E-state index < -0.39 is 0 Å². The van der Waals surface area contributed by atoms with Gasteiger partial charge in [0, 0.05) is 10.1 Å². The first kappa shape index (κ1) is 14.8. The van der Waals surface area contributed by atoms with Gasteiger partial charge in [0.15, 0.2) is 0 Å². The van der Waals surface area contributed by atoms with E-state index in [2.05, 4.69) is 4.98 Å². The smallest absolute Gasteiger partial charge is 0.270 e. The number of aromatic nitrogens is 2. The van der Waals surface area contributed by atoms with Crippen molar-refractivity contribution in [2.45, 2.75) is 13.8 Å². The van der Waals surface area contributed by atoms with Crippen molar-refractivity contribution in [3.8, 4) is 5.69 Å². The van der Waals surface area contributed by atoms with E-state index in [1.165, 1.54) is 15.9 Å². The van der Waals surface area contributed by atoms with E-state index in [-0.39, 0.29) is 16.4 Å². The van der Waals surface area contributed by atoms with Crippen LogP contribution in [0.15, 0.2) is 58.1 Å². The van der Waals surface area contributed by atoms with Crippen molar-refractivity contribution in [1.29, 1.82) is 0 Å². The van der Waals surface area contributed by atoms with Crippen LogP contribution >= 0.6 is 11.3 Å². The molecule has 2 aromatic heterocycles. The van der Waals surface area contributed by atoms with E-state index in [4.69, 9.17) is 0 Å². The van der Waals surface area contributed by atoms with E-state index in [1.807, 2.05) is 49.4 Å². The Balaban J connectivity index is 2.16. The summed E-state index contributed by atoms with van der Waals surface area (Å²) in [5.74, 6) is 0.572. The average Bonchev–Trinajstić information content (AvgIpc) is 2.56. The summed E-state index contributed by atoms with van der Waals surface area (Å²) in [6.07, 6.45) is 0. The average molecular weight is 334 g/mol. The summed E-state index contributed by atoms with van der Waals surface area (Å²) >= 11 is 1.38.